The Kier molecular flexibility index (Phi) is 3.40. The van der Waals surface area contributed by atoms with Crippen LogP contribution < -0.4 is 4.43 Å². The maximum Gasteiger partial charge on any atom is 0.242 e. The van der Waals surface area contributed by atoms with Crippen LogP contribution in [-0.2, 0) is 0 Å². The third-order valence-electron chi connectivity index (χ3n) is 1.50. The Bertz CT molecular complexity index is 304. The molecule has 72 valence electrons. The standard InChI is InChI=1S/C10H15IOSi/c1-8-5-6-10(9(11)7-8)12-13(2,3)4/h5-7H,1-4H3. The van der Waals surface area contributed by atoms with Crippen molar-refractivity contribution in [1.29, 1.82) is 0 Å². The highest BCUT2D eigenvalue weighted by Crippen LogP contribution is 2.24. The summed E-state index contributed by atoms with van der Waals surface area (Å²) in [6, 6.07) is 6.31. The van der Waals surface area contributed by atoms with Crippen molar-refractivity contribution in [2.24, 2.45) is 0 Å². The van der Waals surface area contributed by atoms with Gasteiger partial charge in [0, 0.05) is 0 Å². The van der Waals surface area contributed by atoms with E-state index in [9.17, 15) is 0 Å². The summed E-state index contributed by atoms with van der Waals surface area (Å²) in [5.41, 5.74) is 1.28. The van der Waals surface area contributed by atoms with Gasteiger partial charge in [-0.1, -0.05) is 6.07 Å². The molecule has 0 fully saturated rings. The van der Waals surface area contributed by atoms with Gasteiger partial charge in [0.2, 0.25) is 8.32 Å². The van der Waals surface area contributed by atoms with Crippen molar-refractivity contribution in [2.75, 3.05) is 0 Å². The molecule has 0 saturated carbocycles. The van der Waals surface area contributed by atoms with E-state index < -0.39 is 8.32 Å². The Morgan fingerprint density at radius 3 is 2.31 bits per heavy atom. The van der Waals surface area contributed by atoms with E-state index in [-0.39, 0.29) is 0 Å². The molecule has 0 amide bonds. The number of benzene rings is 1. The highest BCUT2D eigenvalue weighted by molar-refractivity contribution is 14.1. The van der Waals surface area contributed by atoms with Gasteiger partial charge in [-0.3, -0.25) is 0 Å². The highest BCUT2D eigenvalue weighted by Gasteiger charge is 2.17. The van der Waals surface area contributed by atoms with Gasteiger partial charge in [-0.2, -0.15) is 0 Å². The third-order valence-corrected chi connectivity index (χ3v) is 3.18. The number of rotatable bonds is 2. The zero-order valence-corrected chi connectivity index (χ0v) is 11.7. The molecule has 0 spiro atoms. The second-order valence-electron chi connectivity index (χ2n) is 4.15. The smallest absolute Gasteiger partial charge is 0.242 e. The van der Waals surface area contributed by atoms with Gasteiger partial charge in [-0.25, -0.2) is 0 Å². The van der Waals surface area contributed by atoms with E-state index >= 15 is 0 Å². The quantitative estimate of drug-likeness (QED) is 0.596. The zero-order valence-electron chi connectivity index (χ0n) is 8.52. The predicted octanol–water partition coefficient (Wildman–Crippen LogP) is 3.81. The molecular formula is C10H15IOSi. The molecular weight excluding hydrogens is 291 g/mol. The second kappa shape index (κ2) is 4.00. The number of hydrogen-bond donors (Lipinski definition) is 0. The molecule has 1 rings (SSSR count). The lowest BCUT2D eigenvalue weighted by Gasteiger charge is -2.20. The van der Waals surface area contributed by atoms with E-state index in [0.29, 0.717) is 0 Å². The average Bonchev–Trinajstić information content (AvgIpc) is 1.93. The van der Waals surface area contributed by atoms with Crippen LogP contribution in [0, 0.1) is 10.5 Å². The molecule has 0 aromatic heterocycles. The minimum absolute atomic E-state index is 1.03. The van der Waals surface area contributed by atoms with Crippen LogP contribution in [0.25, 0.3) is 0 Å². The van der Waals surface area contributed by atoms with Crippen molar-refractivity contribution in [3.63, 3.8) is 0 Å². The van der Waals surface area contributed by atoms with Crippen LogP contribution >= 0.6 is 22.6 Å². The van der Waals surface area contributed by atoms with Gasteiger partial charge in [0.25, 0.3) is 0 Å². The fourth-order valence-corrected chi connectivity index (χ4v) is 2.85. The van der Waals surface area contributed by atoms with Crippen LogP contribution in [0.15, 0.2) is 18.2 Å². The first-order valence-corrected chi connectivity index (χ1v) is 8.82. The van der Waals surface area contributed by atoms with Gasteiger partial charge in [0.05, 0.1) is 3.57 Å². The lowest BCUT2D eigenvalue weighted by Crippen LogP contribution is -2.29. The van der Waals surface area contributed by atoms with E-state index in [0.717, 1.165) is 5.75 Å². The van der Waals surface area contributed by atoms with Gasteiger partial charge in [-0.05, 0) is 66.9 Å². The van der Waals surface area contributed by atoms with Gasteiger partial charge < -0.3 is 4.43 Å². The van der Waals surface area contributed by atoms with Crippen LogP contribution in [0.3, 0.4) is 0 Å². The van der Waals surface area contributed by atoms with Crippen LogP contribution in [0.5, 0.6) is 5.75 Å². The molecule has 0 aliphatic carbocycles. The molecule has 0 saturated heterocycles. The maximum absolute atomic E-state index is 5.92. The van der Waals surface area contributed by atoms with E-state index in [1.165, 1.54) is 9.13 Å². The lowest BCUT2D eigenvalue weighted by molar-refractivity contribution is 0.553. The first-order valence-electron chi connectivity index (χ1n) is 4.34. The minimum Gasteiger partial charge on any atom is -0.544 e. The molecule has 1 nitrogen and oxygen atoms in total. The molecule has 1 aromatic carbocycles. The fourth-order valence-electron chi connectivity index (χ4n) is 1.02. The number of hydrogen-bond acceptors (Lipinski definition) is 1. The molecule has 0 aliphatic heterocycles. The summed E-state index contributed by atoms with van der Waals surface area (Å²) in [5, 5.41) is 0. The molecule has 3 heteroatoms. The van der Waals surface area contributed by atoms with Crippen LogP contribution in [-0.4, -0.2) is 8.32 Å². The zero-order chi connectivity index (χ0) is 10.1. The Hall–Kier alpha value is -0.0331. The van der Waals surface area contributed by atoms with Gasteiger partial charge >= 0.3 is 0 Å². The second-order valence-corrected chi connectivity index (χ2v) is 9.74. The average molecular weight is 306 g/mol. The fraction of sp³-hybridized carbons (Fsp3) is 0.400. The van der Waals surface area contributed by atoms with Gasteiger partial charge in [-0.15, -0.1) is 0 Å². The van der Waals surface area contributed by atoms with Crippen molar-refractivity contribution in [3.05, 3.63) is 27.3 Å². The summed E-state index contributed by atoms with van der Waals surface area (Å²) in [7, 11) is -1.45. The predicted molar refractivity (Wildman–Crippen MR) is 67.9 cm³/mol. The summed E-state index contributed by atoms with van der Waals surface area (Å²) >= 11 is 2.32. The topological polar surface area (TPSA) is 9.23 Å². The monoisotopic (exact) mass is 306 g/mol. The minimum atomic E-state index is -1.45. The van der Waals surface area contributed by atoms with Crippen LogP contribution in [0.4, 0.5) is 0 Å². The molecule has 0 atom stereocenters. The van der Waals surface area contributed by atoms with Crippen LogP contribution in [0.1, 0.15) is 5.56 Å². The molecule has 0 heterocycles. The first-order chi connectivity index (χ1) is 5.88. The third kappa shape index (κ3) is 3.68. The van der Waals surface area contributed by atoms with E-state index in [1.54, 1.807) is 0 Å². The molecule has 13 heavy (non-hydrogen) atoms. The molecule has 0 aliphatic rings. The molecule has 0 unspecified atom stereocenters. The van der Waals surface area contributed by atoms with Crippen molar-refractivity contribution < 1.29 is 4.43 Å². The Labute approximate surface area is 94.8 Å². The van der Waals surface area contributed by atoms with E-state index in [4.69, 9.17) is 4.43 Å². The summed E-state index contributed by atoms with van der Waals surface area (Å²) in [4.78, 5) is 0. The van der Waals surface area contributed by atoms with Crippen molar-refractivity contribution >= 4 is 30.9 Å². The highest BCUT2D eigenvalue weighted by atomic mass is 127. The van der Waals surface area contributed by atoms with Crippen molar-refractivity contribution in [1.82, 2.24) is 0 Å². The first kappa shape index (κ1) is 11.0. The van der Waals surface area contributed by atoms with E-state index in [2.05, 4.69) is 67.4 Å². The SMILES string of the molecule is Cc1ccc(O[Si](C)(C)C)c(I)c1. The normalized spacial score (nSPS) is 11.5. The molecule has 0 N–H and O–H groups in total. The number of halogens is 1. The van der Waals surface area contributed by atoms with Gasteiger partial charge in [0.1, 0.15) is 5.75 Å². The van der Waals surface area contributed by atoms with Crippen LogP contribution in [0.2, 0.25) is 19.6 Å². The Morgan fingerprint density at radius 2 is 1.85 bits per heavy atom. The largest absolute Gasteiger partial charge is 0.544 e. The Balaban J connectivity index is 2.90. The van der Waals surface area contributed by atoms with Crippen molar-refractivity contribution in [3.8, 4) is 5.75 Å². The van der Waals surface area contributed by atoms with Gasteiger partial charge in [0.15, 0.2) is 0 Å². The molecule has 0 bridgehead atoms. The number of aryl methyl sites for hydroxylation is 1. The summed E-state index contributed by atoms with van der Waals surface area (Å²) in [5.74, 6) is 1.03. The summed E-state index contributed by atoms with van der Waals surface area (Å²) < 4.78 is 7.13. The van der Waals surface area contributed by atoms with E-state index in [1.807, 2.05) is 0 Å². The maximum atomic E-state index is 5.92. The summed E-state index contributed by atoms with van der Waals surface area (Å²) in [6.07, 6.45) is 0. The lowest BCUT2D eigenvalue weighted by atomic mass is 10.2. The summed E-state index contributed by atoms with van der Waals surface area (Å²) in [6.45, 7) is 8.69. The Morgan fingerprint density at radius 1 is 1.23 bits per heavy atom. The molecule has 0 radical (unpaired) electrons. The van der Waals surface area contributed by atoms with Crippen molar-refractivity contribution in [2.45, 2.75) is 26.6 Å². The molecule has 1 aromatic rings.